The number of nitrogens with zero attached hydrogens (tertiary/aromatic N) is 3. The van der Waals surface area contributed by atoms with Crippen LogP contribution in [-0.2, 0) is 6.61 Å². The standard InChI is InChI=1S/C16H19N3O/c1-12-9-13(11-20)10-17-16(12)19-8-7-18(2)14-5-3-4-6-15(14)19/h3-6,9-10,20H,7-8,11H2,1-2H3. The lowest BCUT2D eigenvalue weighted by atomic mass is 10.1. The van der Waals surface area contributed by atoms with E-state index < -0.39 is 0 Å². The molecule has 20 heavy (non-hydrogen) atoms. The number of hydrogen-bond acceptors (Lipinski definition) is 4. The van der Waals surface area contributed by atoms with Gasteiger partial charge in [0.2, 0.25) is 0 Å². The van der Waals surface area contributed by atoms with E-state index in [-0.39, 0.29) is 6.61 Å². The van der Waals surface area contributed by atoms with E-state index in [1.165, 1.54) is 11.4 Å². The average Bonchev–Trinajstić information content (AvgIpc) is 2.48. The highest BCUT2D eigenvalue weighted by molar-refractivity contribution is 5.78. The number of fused-ring (bicyclic) bond motifs is 1. The Hall–Kier alpha value is -2.07. The quantitative estimate of drug-likeness (QED) is 0.909. The van der Waals surface area contributed by atoms with Crippen LogP contribution in [0, 0.1) is 6.92 Å². The minimum absolute atomic E-state index is 0.0352. The number of rotatable bonds is 2. The van der Waals surface area contributed by atoms with Crippen LogP contribution in [-0.4, -0.2) is 30.2 Å². The summed E-state index contributed by atoms with van der Waals surface area (Å²) in [4.78, 5) is 9.07. The summed E-state index contributed by atoms with van der Waals surface area (Å²) in [6.45, 7) is 3.97. The Morgan fingerprint density at radius 3 is 2.65 bits per heavy atom. The van der Waals surface area contributed by atoms with Gasteiger partial charge in [-0.05, 0) is 36.2 Å². The second-order valence-corrected chi connectivity index (χ2v) is 5.20. The molecule has 0 bridgehead atoms. The summed E-state index contributed by atoms with van der Waals surface area (Å²) >= 11 is 0. The van der Waals surface area contributed by atoms with Crippen molar-refractivity contribution in [3.63, 3.8) is 0 Å². The zero-order valence-electron chi connectivity index (χ0n) is 11.9. The van der Waals surface area contributed by atoms with Gasteiger partial charge in [0, 0.05) is 26.3 Å². The average molecular weight is 269 g/mol. The lowest BCUT2D eigenvalue weighted by Gasteiger charge is -2.36. The van der Waals surface area contributed by atoms with Gasteiger partial charge in [-0.3, -0.25) is 0 Å². The van der Waals surface area contributed by atoms with Crippen molar-refractivity contribution in [3.05, 3.63) is 47.7 Å². The Morgan fingerprint density at radius 2 is 1.95 bits per heavy atom. The molecule has 0 spiro atoms. The van der Waals surface area contributed by atoms with Crippen LogP contribution in [0.2, 0.25) is 0 Å². The van der Waals surface area contributed by atoms with Gasteiger partial charge in [-0.2, -0.15) is 0 Å². The SMILES string of the molecule is Cc1cc(CO)cnc1N1CCN(C)c2ccccc21. The van der Waals surface area contributed by atoms with E-state index in [0.29, 0.717) is 0 Å². The third-order valence-corrected chi connectivity index (χ3v) is 3.79. The molecule has 0 saturated carbocycles. The van der Waals surface area contributed by atoms with Crippen LogP contribution in [0.5, 0.6) is 0 Å². The van der Waals surface area contributed by atoms with Gasteiger partial charge in [0.1, 0.15) is 5.82 Å². The van der Waals surface area contributed by atoms with Crippen molar-refractivity contribution in [2.24, 2.45) is 0 Å². The second-order valence-electron chi connectivity index (χ2n) is 5.20. The number of aryl methyl sites for hydroxylation is 1. The molecule has 2 aromatic rings. The highest BCUT2D eigenvalue weighted by atomic mass is 16.3. The molecule has 1 N–H and O–H groups in total. The zero-order valence-corrected chi connectivity index (χ0v) is 11.9. The summed E-state index contributed by atoms with van der Waals surface area (Å²) in [5.74, 6) is 0.975. The predicted octanol–water partition coefficient (Wildman–Crippen LogP) is 2.47. The first-order chi connectivity index (χ1) is 9.70. The third kappa shape index (κ3) is 2.12. The second kappa shape index (κ2) is 5.13. The van der Waals surface area contributed by atoms with Crippen LogP contribution in [0.15, 0.2) is 36.5 Å². The molecular formula is C16H19N3O. The molecular weight excluding hydrogens is 250 g/mol. The maximum absolute atomic E-state index is 9.20. The van der Waals surface area contributed by atoms with E-state index in [2.05, 4.69) is 46.1 Å². The van der Waals surface area contributed by atoms with E-state index in [1.54, 1.807) is 6.20 Å². The van der Waals surface area contributed by atoms with Gasteiger partial charge in [-0.25, -0.2) is 4.98 Å². The van der Waals surface area contributed by atoms with E-state index in [9.17, 15) is 5.11 Å². The van der Waals surface area contributed by atoms with Gasteiger partial charge >= 0.3 is 0 Å². The number of para-hydroxylation sites is 2. The minimum atomic E-state index is 0.0352. The van der Waals surface area contributed by atoms with E-state index in [4.69, 9.17) is 0 Å². The van der Waals surface area contributed by atoms with Crippen molar-refractivity contribution in [1.29, 1.82) is 0 Å². The number of benzene rings is 1. The molecule has 1 aliphatic heterocycles. The van der Waals surface area contributed by atoms with Crippen molar-refractivity contribution in [3.8, 4) is 0 Å². The van der Waals surface area contributed by atoms with Crippen molar-refractivity contribution < 1.29 is 5.11 Å². The van der Waals surface area contributed by atoms with Gasteiger partial charge in [0.05, 0.1) is 18.0 Å². The molecule has 0 amide bonds. The maximum atomic E-state index is 9.20. The number of aliphatic hydroxyl groups is 1. The molecule has 0 fully saturated rings. The largest absolute Gasteiger partial charge is 0.392 e. The van der Waals surface area contributed by atoms with Gasteiger partial charge in [-0.15, -0.1) is 0 Å². The number of pyridine rings is 1. The fraction of sp³-hybridized carbons (Fsp3) is 0.312. The first kappa shape index (κ1) is 12.9. The normalized spacial score (nSPS) is 14.3. The number of aromatic nitrogens is 1. The van der Waals surface area contributed by atoms with Gasteiger partial charge < -0.3 is 14.9 Å². The summed E-state index contributed by atoms with van der Waals surface area (Å²) in [6.07, 6.45) is 1.75. The first-order valence-corrected chi connectivity index (χ1v) is 6.85. The molecule has 2 heterocycles. The summed E-state index contributed by atoms with van der Waals surface area (Å²) in [6, 6.07) is 10.4. The summed E-state index contributed by atoms with van der Waals surface area (Å²) in [5, 5.41) is 9.20. The van der Waals surface area contributed by atoms with Crippen LogP contribution in [0.3, 0.4) is 0 Å². The Morgan fingerprint density at radius 1 is 1.20 bits per heavy atom. The molecule has 0 aliphatic carbocycles. The molecule has 4 nitrogen and oxygen atoms in total. The lowest BCUT2D eigenvalue weighted by molar-refractivity contribution is 0.281. The van der Waals surface area contributed by atoms with Crippen LogP contribution in [0.25, 0.3) is 0 Å². The van der Waals surface area contributed by atoms with Gasteiger partial charge in [-0.1, -0.05) is 12.1 Å². The Bertz CT molecular complexity index is 627. The molecule has 1 aliphatic rings. The summed E-state index contributed by atoms with van der Waals surface area (Å²) < 4.78 is 0. The van der Waals surface area contributed by atoms with Crippen LogP contribution in [0.1, 0.15) is 11.1 Å². The van der Waals surface area contributed by atoms with E-state index in [0.717, 1.165) is 30.0 Å². The number of likely N-dealkylation sites (N-methyl/N-ethyl adjacent to an activating group) is 1. The topological polar surface area (TPSA) is 39.6 Å². The number of anilines is 3. The molecule has 0 atom stereocenters. The van der Waals surface area contributed by atoms with E-state index in [1.807, 2.05) is 13.0 Å². The maximum Gasteiger partial charge on any atom is 0.135 e. The molecule has 0 unspecified atom stereocenters. The fourth-order valence-corrected chi connectivity index (χ4v) is 2.72. The van der Waals surface area contributed by atoms with Crippen LogP contribution in [0.4, 0.5) is 17.2 Å². The highest BCUT2D eigenvalue weighted by Crippen LogP contribution is 2.37. The minimum Gasteiger partial charge on any atom is -0.392 e. The monoisotopic (exact) mass is 269 g/mol. The van der Waals surface area contributed by atoms with E-state index >= 15 is 0 Å². The summed E-state index contributed by atoms with van der Waals surface area (Å²) in [7, 11) is 2.12. The zero-order chi connectivity index (χ0) is 14.1. The molecule has 1 aromatic heterocycles. The van der Waals surface area contributed by atoms with Gasteiger partial charge in [0.25, 0.3) is 0 Å². The number of aliphatic hydroxyl groups excluding tert-OH is 1. The molecule has 0 saturated heterocycles. The Labute approximate surface area is 119 Å². The molecule has 3 rings (SSSR count). The van der Waals surface area contributed by atoms with Gasteiger partial charge in [0.15, 0.2) is 0 Å². The van der Waals surface area contributed by atoms with Crippen molar-refractivity contribution in [2.45, 2.75) is 13.5 Å². The fourth-order valence-electron chi connectivity index (χ4n) is 2.72. The van der Waals surface area contributed by atoms with Crippen molar-refractivity contribution >= 4 is 17.2 Å². The van der Waals surface area contributed by atoms with Crippen molar-refractivity contribution in [2.75, 3.05) is 29.9 Å². The summed E-state index contributed by atoms with van der Waals surface area (Å²) in [5.41, 5.74) is 4.37. The Kier molecular flexibility index (Phi) is 3.32. The number of hydrogen-bond donors (Lipinski definition) is 1. The third-order valence-electron chi connectivity index (χ3n) is 3.79. The smallest absolute Gasteiger partial charge is 0.135 e. The molecule has 104 valence electrons. The van der Waals surface area contributed by atoms with Crippen LogP contribution >= 0.6 is 0 Å². The molecule has 1 aromatic carbocycles. The first-order valence-electron chi connectivity index (χ1n) is 6.85. The predicted molar refractivity (Wildman–Crippen MR) is 81.6 cm³/mol. The highest BCUT2D eigenvalue weighted by Gasteiger charge is 2.22. The Balaban J connectivity index is 2.05. The van der Waals surface area contributed by atoms with Crippen molar-refractivity contribution in [1.82, 2.24) is 4.98 Å². The van der Waals surface area contributed by atoms with Crippen LogP contribution < -0.4 is 9.80 Å². The molecule has 4 heteroatoms. The lowest BCUT2D eigenvalue weighted by Crippen LogP contribution is -2.37. The molecule has 0 radical (unpaired) electrons.